The molecule has 3 amide bonds. The Morgan fingerprint density at radius 3 is 2.54 bits per heavy atom. The van der Waals surface area contributed by atoms with E-state index >= 15 is 0 Å². The van der Waals surface area contributed by atoms with E-state index in [4.69, 9.17) is 16.3 Å². The number of rotatable bonds is 5. The van der Waals surface area contributed by atoms with E-state index in [0.29, 0.717) is 45.0 Å². The van der Waals surface area contributed by atoms with Crippen LogP contribution in [0.3, 0.4) is 0 Å². The van der Waals surface area contributed by atoms with Crippen LogP contribution in [0.5, 0.6) is 5.75 Å². The molecule has 0 radical (unpaired) electrons. The van der Waals surface area contributed by atoms with Gasteiger partial charge in [-0.1, -0.05) is 52.4 Å². The molecule has 6 rings (SSSR count). The number of aromatic nitrogens is 1. The molecule has 0 aliphatic carbocycles. The summed E-state index contributed by atoms with van der Waals surface area (Å²) in [6, 6.07) is 12.3. The summed E-state index contributed by atoms with van der Waals surface area (Å²) in [5.41, 5.74) is 2.10. The largest absolute Gasteiger partial charge is 0.483 e. The molecule has 2 fully saturated rings. The minimum Gasteiger partial charge on any atom is -0.483 e. The fourth-order valence-corrected chi connectivity index (χ4v) is 8.25. The van der Waals surface area contributed by atoms with Crippen molar-refractivity contribution in [2.24, 2.45) is 5.92 Å². The number of thioether (sulfide) groups is 1. The average Bonchev–Trinajstić information content (AvgIpc) is 3.43. The number of carbonyl (C=O) groups is 3. The Hall–Kier alpha value is -3.08. The highest BCUT2D eigenvalue weighted by Gasteiger charge is 2.56. The highest BCUT2D eigenvalue weighted by molar-refractivity contribution is 8.00. The van der Waals surface area contributed by atoms with Gasteiger partial charge in [-0.15, -0.1) is 0 Å². The van der Waals surface area contributed by atoms with Gasteiger partial charge < -0.3 is 14.6 Å². The second kappa shape index (κ2) is 10.5. The number of aryl methyl sites for hydroxylation is 1. The third-order valence-electron chi connectivity index (χ3n) is 7.48. The second-order valence-electron chi connectivity index (χ2n) is 10.0. The number of aromatic amines is 1. The lowest BCUT2D eigenvalue weighted by Crippen LogP contribution is -2.38. The van der Waals surface area contributed by atoms with Gasteiger partial charge in [0.2, 0.25) is 11.8 Å². The van der Waals surface area contributed by atoms with Crippen LogP contribution in [0.4, 0.5) is 5.69 Å². The number of ether oxygens (including phenoxy) is 1. The van der Waals surface area contributed by atoms with E-state index in [-0.39, 0.29) is 29.2 Å². The molecule has 3 unspecified atom stereocenters. The van der Waals surface area contributed by atoms with E-state index in [9.17, 15) is 19.2 Å². The third-order valence-corrected chi connectivity index (χ3v) is 10.1. The molecule has 3 aliphatic heterocycles. The molecule has 3 aromatic rings. The van der Waals surface area contributed by atoms with E-state index in [0.717, 1.165) is 36.2 Å². The summed E-state index contributed by atoms with van der Waals surface area (Å²) in [7, 11) is 0. The maximum absolute atomic E-state index is 14.0. The zero-order chi connectivity index (χ0) is 27.3. The fraction of sp³-hybridized carbons (Fsp3) is 0.357. The first-order chi connectivity index (χ1) is 18.8. The summed E-state index contributed by atoms with van der Waals surface area (Å²) < 4.78 is 6.07. The summed E-state index contributed by atoms with van der Waals surface area (Å²) in [6.45, 7) is 3.22. The number of benzene rings is 2. The molecule has 8 nitrogen and oxygen atoms in total. The van der Waals surface area contributed by atoms with Crippen LogP contribution >= 0.6 is 34.7 Å². The molecule has 0 spiro atoms. The number of thiazole rings is 1. The predicted octanol–water partition coefficient (Wildman–Crippen LogP) is 4.59. The van der Waals surface area contributed by atoms with Crippen LogP contribution in [0.2, 0.25) is 5.02 Å². The van der Waals surface area contributed by atoms with Crippen molar-refractivity contribution in [3.05, 3.63) is 73.2 Å². The number of hydrogen-bond acceptors (Lipinski definition) is 7. The van der Waals surface area contributed by atoms with Gasteiger partial charge in [0, 0.05) is 34.5 Å². The van der Waals surface area contributed by atoms with Crippen molar-refractivity contribution in [2.75, 3.05) is 24.6 Å². The lowest BCUT2D eigenvalue weighted by Gasteiger charge is -2.31. The van der Waals surface area contributed by atoms with Crippen molar-refractivity contribution in [2.45, 2.75) is 42.4 Å². The third kappa shape index (κ3) is 4.79. The Bertz CT molecular complexity index is 1510. The van der Waals surface area contributed by atoms with E-state index in [2.05, 4.69) is 4.98 Å². The first kappa shape index (κ1) is 26.2. The molecule has 202 valence electrons. The number of H-pyrrole nitrogens is 1. The minimum atomic E-state index is -0.777. The topological polar surface area (TPSA) is 99.8 Å². The molecule has 0 saturated carbocycles. The Morgan fingerprint density at radius 1 is 1.05 bits per heavy atom. The van der Waals surface area contributed by atoms with Crippen LogP contribution in [-0.2, 0) is 14.4 Å². The lowest BCUT2D eigenvalue weighted by molar-refractivity contribution is -0.134. The van der Waals surface area contributed by atoms with Crippen molar-refractivity contribution in [3.63, 3.8) is 0 Å². The van der Waals surface area contributed by atoms with Crippen molar-refractivity contribution in [1.29, 1.82) is 0 Å². The second-order valence-corrected chi connectivity index (χ2v) is 12.6. The highest BCUT2D eigenvalue weighted by atomic mass is 35.5. The summed E-state index contributed by atoms with van der Waals surface area (Å²) in [5, 5.41) is 0.257. The molecule has 11 heteroatoms. The van der Waals surface area contributed by atoms with Gasteiger partial charge in [-0.2, -0.15) is 0 Å². The quantitative estimate of drug-likeness (QED) is 0.441. The molecule has 3 aliphatic rings. The van der Waals surface area contributed by atoms with Gasteiger partial charge in [-0.25, -0.2) is 4.90 Å². The summed E-state index contributed by atoms with van der Waals surface area (Å²) in [6.07, 6.45) is 3.07. The number of piperidine rings is 1. The molecule has 1 N–H and O–H groups in total. The van der Waals surface area contributed by atoms with Crippen molar-refractivity contribution in [3.8, 4) is 5.75 Å². The van der Waals surface area contributed by atoms with Gasteiger partial charge in [0.15, 0.2) is 6.61 Å². The van der Waals surface area contributed by atoms with E-state index in [1.807, 2.05) is 19.1 Å². The van der Waals surface area contributed by atoms with Gasteiger partial charge >= 0.3 is 4.87 Å². The number of anilines is 1. The van der Waals surface area contributed by atoms with Gasteiger partial charge in [0.1, 0.15) is 11.0 Å². The van der Waals surface area contributed by atoms with Crippen LogP contribution in [0.1, 0.15) is 41.2 Å². The number of nitrogens with one attached hydrogen (secondary N) is 1. The maximum Gasteiger partial charge on any atom is 0.305 e. The lowest BCUT2D eigenvalue weighted by atomic mass is 9.82. The van der Waals surface area contributed by atoms with Gasteiger partial charge in [0.05, 0.1) is 16.6 Å². The standard InChI is InChI=1S/C28H26ClN3O5S2/c1-15-5-8-17(9-6-15)32-26(34)22-21(23-25(30-28(36)39-23)38-24(22)27(32)35)18-13-16(29)7-10-19(18)37-14-20(33)31-11-3-2-4-12-31/h5-10,13,21-22,24H,2-4,11-12,14H2,1H3,(H,30,36). The van der Waals surface area contributed by atoms with Crippen LogP contribution in [-0.4, -0.2) is 52.6 Å². The number of amides is 3. The molecule has 2 aromatic carbocycles. The maximum atomic E-state index is 14.0. The highest BCUT2D eigenvalue weighted by Crippen LogP contribution is 2.54. The van der Waals surface area contributed by atoms with Gasteiger partial charge in [-0.05, 0) is 56.5 Å². The fourth-order valence-electron chi connectivity index (χ4n) is 5.57. The number of imide groups is 1. The zero-order valence-electron chi connectivity index (χ0n) is 21.1. The minimum absolute atomic E-state index is 0.0997. The summed E-state index contributed by atoms with van der Waals surface area (Å²) >= 11 is 8.67. The summed E-state index contributed by atoms with van der Waals surface area (Å²) in [5.74, 6) is -1.79. The van der Waals surface area contributed by atoms with E-state index < -0.39 is 17.1 Å². The predicted molar refractivity (Wildman–Crippen MR) is 151 cm³/mol. The summed E-state index contributed by atoms with van der Waals surface area (Å²) in [4.78, 5) is 59.2. The molecule has 39 heavy (non-hydrogen) atoms. The Balaban J connectivity index is 1.39. The molecule has 3 atom stereocenters. The smallest absolute Gasteiger partial charge is 0.305 e. The van der Waals surface area contributed by atoms with Crippen molar-refractivity contribution < 1.29 is 19.1 Å². The number of carbonyl (C=O) groups excluding carboxylic acids is 3. The Labute approximate surface area is 238 Å². The molecule has 4 heterocycles. The van der Waals surface area contributed by atoms with E-state index in [1.165, 1.54) is 16.7 Å². The number of nitrogens with zero attached hydrogens (tertiary/aromatic N) is 2. The first-order valence-electron chi connectivity index (χ1n) is 12.9. The normalized spacial score (nSPS) is 22.6. The molecule has 1 aromatic heterocycles. The number of hydrogen-bond donors (Lipinski definition) is 1. The van der Waals surface area contributed by atoms with Crippen LogP contribution in [0, 0.1) is 12.8 Å². The SMILES string of the molecule is Cc1ccc(N2C(=O)C3Sc4[nH]c(=O)sc4C(c4cc(Cl)ccc4OCC(=O)N4CCCCC4)C3C2=O)cc1. The number of halogens is 1. The molecule has 0 bridgehead atoms. The van der Waals surface area contributed by atoms with Crippen molar-refractivity contribution in [1.82, 2.24) is 9.88 Å². The number of fused-ring (bicyclic) bond motifs is 2. The van der Waals surface area contributed by atoms with Gasteiger partial charge in [-0.3, -0.25) is 19.2 Å². The van der Waals surface area contributed by atoms with Gasteiger partial charge in [0.25, 0.3) is 5.91 Å². The Kier molecular flexibility index (Phi) is 7.03. The zero-order valence-corrected chi connectivity index (χ0v) is 23.5. The van der Waals surface area contributed by atoms with Crippen molar-refractivity contribution >= 4 is 58.1 Å². The van der Waals surface area contributed by atoms with Crippen LogP contribution in [0.15, 0.2) is 52.3 Å². The monoisotopic (exact) mass is 583 g/mol. The first-order valence-corrected chi connectivity index (χ1v) is 14.9. The molecular formula is C28H26ClN3O5S2. The molecule has 2 saturated heterocycles. The number of likely N-dealkylation sites (tertiary alicyclic amines) is 1. The van der Waals surface area contributed by atoms with Crippen LogP contribution < -0.4 is 14.5 Å². The molecular weight excluding hydrogens is 558 g/mol. The van der Waals surface area contributed by atoms with Crippen LogP contribution in [0.25, 0.3) is 0 Å². The average molecular weight is 584 g/mol. The Morgan fingerprint density at radius 2 is 1.79 bits per heavy atom. The van der Waals surface area contributed by atoms with E-state index in [1.54, 1.807) is 35.2 Å².